The number of ether oxygens (including phenoxy) is 2. The molecule has 0 atom stereocenters. The Morgan fingerprint density at radius 3 is 1.83 bits per heavy atom. The number of hydrogen-bond donors (Lipinski definition) is 0. The van der Waals surface area contributed by atoms with Crippen LogP contribution in [0.4, 0.5) is 0 Å². The van der Waals surface area contributed by atoms with Crippen LogP contribution in [0.25, 0.3) is 0 Å². The van der Waals surface area contributed by atoms with E-state index in [9.17, 15) is 0 Å². The summed E-state index contributed by atoms with van der Waals surface area (Å²) >= 11 is 0. The van der Waals surface area contributed by atoms with Gasteiger partial charge in [-0.3, -0.25) is 0 Å². The summed E-state index contributed by atoms with van der Waals surface area (Å²) in [6.45, 7) is 2.81. The average Bonchev–Trinajstić information content (AvgIpc) is 1.76. The van der Waals surface area contributed by atoms with Crippen molar-refractivity contribution >= 4 is 0 Å². The van der Waals surface area contributed by atoms with Gasteiger partial charge in [-0.25, -0.2) is 0 Å². The van der Waals surface area contributed by atoms with Gasteiger partial charge in [-0.2, -0.15) is 0 Å². The minimum atomic E-state index is 0. The van der Waals surface area contributed by atoms with E-state index >= 15 is 0 Å². The largest absolute Gasteiger partial charge is 1.00 e. The monoisotopic (exact) mass is 265 g/mol. The molecule has 3 heteroatoms. The van der Waals surface area contributed by atoms with Gasteiger partial charge in [0.15, 0.2) is 0 Å². The van der Waals surface area contributed by atoms with Crippen molar-refractivity contribution in [2.24, 2.45) is 0 Å². The molecule has 0 aliphatic carbocycles. The molecule has 0 amide bonds. The van der Waals surface area contributed by atoms with Gasteiger partial charge in [0.05, 0.1) is 0 Å². The summed E-state index contributed by atoms with van der Waals surface area (Å²) in [7, 11) is 0. The molecule has 1 aliphatic rings. The third-order valence-electron chi connectivity index (χ3n) is 0.455. The zero-order valence-corrected chi connectivity index (χ0v) is 5.70. The van der Waals surface area contributed by atoms with E-state index < -0.39 is 0 Å². The maximum absolute atomic E-state index is 4.60. The summed E-state index contributed by atoms with van der Waals surface area (Å²) in [5, 5.41) is 0. The second kappa shape index (κ2) is 3.74. The molecule has 37 valence electrons. The van der Waals surface area contributed by atoms with Crippen molar-refractivity contribution in [2.45, 2.75) is 0 Å². The van der Waals surface area contributed by atoms with E-state index in [1.165, 1.54) is 6.79 Å². The fourth-order valence-electron chi connectivity index (χ4n) is 0.241. The number of rotatable bonds is 0. The van der Waals surface area contributed by atoms with E-state index in [4.69, 9.17) is 0 Å². The van der Waals surface area contributed by atoms with Crippen molar-refractivity contribution in [3.05, 3.63) is 6.79 Å². The Morgan fingerprint density at radius 1 is 1.17 bits per heavy atom. The first-order valence-electron chi connectivity index (χ1n) is 1.55. The maximum atomic E-state index is 4.60. The summed E-state index contributed by atoms with van der Waals surface area (Å²) < 4.78 is 9.19. The third-order valence-corrected chi connectivity index (χ3v) is 0.455. The topological polar surface area (TPSA) is 18.5 Å². The molecule has 2 nitrogen and oxygen atoms in total. The Labute approximate surface area is 49.9 Å². The molecule has 0 aromatic carbocycles. The molecule has 6 heavy (non-hydrogen) atoms. The quantitative estimate of drug-likeness (QED) is 0.579. The van der Waals surface area contributed by atoms with Crippen molar-refractivity contribution in [1.29, 1.82) is 0 Å². The Bertz CT molecular complexity index is 20.4. The minimum absolute atomic E-state index is 0. The summed E-state index contributed by atoms with van der Waals surface area (Å²) in [5.41, 5.74) is 0. The Morgan fingerprint density at radius 2 is 1.67 bits per heavy atom. The van der Waals surface area contributed by atoms with Gasteiger partial charge in [0.25, 0.3) is 0 Å². The van der Waals surface area contributed by atoms with E-state index in [0.29, 0.717) is 0 Å². The van der Waals surface area contributed by atoms with Crippen LogP contribution in [0.1, 0.15) is 0 Å². The Balaban J connectivity index is 0.000000250. The Kier molecular flexibility index (Phi) is 4.08. The first kappa shape index (κ1) is 6.56. The molecular formula is C3H5O2Os. The molecule has 0 aromatic heterocycles. The first-order chi connectivity index (χ1) is 2.50. The van der Waals surface area contributed by atoms with Crippen molar-refractivity contribution < 1.29 is 29.3 Å². The summed E-state index contributed by atoms with van der Waals surface area (Å²) in [6.07, 6.45) is 0. The van der Waals surface area contributed by atoms with Gasteiger partial charge in [-0.05, 0) is 0 Å². The van der Waals surface area contributed by atoms with Crippen LogP contribution in [-0.4, -0.2) is 13.2 Å². The SMILES string of the molecule is [CH-]1OCCO1.[Os+]. The number of hydrogen-bond acceptors (Lipinski definition) is 2. The predicted molar refractivity (Wildman–Crippen MR) is 16.2 cm³/mol. The maximum Gasteiger partial charge on any atom is 1.00 e. The molecule has 1 saturated heterocycles. The van der Waals surface area contributed by atoms with Crippen molar-refractivity contribution in [3.63, 3.8) is 0 Å². The van der Waals surface area contributed by atoms with E-state index in [2.05, 4.69) is 9.47 Å². The molecule has 0 saturated carbocycles. The molecule has 1 rings (SSSR count). The van der Waals surface area contributed by atoms with E-state index in [1.54, 1.807) is 0 Å². The molecule has 0 spiro atoms. The fraction of sp³-hybridized carbons (Fsp3) is 0.667. The van der Waals surface area contributed by atoms with Crippen LogP contribution < -0.4 is 0 Å². The van der Waals surface area contributed by atoms with Gasteiger partial charge in [0.2, 0.25) is 0 Å². The van der Waals surface area contributed by atoms with E-state index in [0.717, 1.165) is 13.2 Å². The first-order valence-corrected chi connectivity index (χ1v) is 1.55. The standard InChI is InChI=1S/C3H5O2.Os/c1-2-5-3-4-1;/h3H,1-2H2;/q-1;+1. The summed E-state index contributed by atoms with van der Waals surface area (Å²) in [6, 6.07) is 0. The second-order valence-electron chi connectivity index (χ2n) is 0.838. The van der Waals surface area contributed by atoms with Crippen LogP contribution >= 0.6 is 0 Å². The zero-order valence-electron chi connectivity index (χ0n) is 3.16. The van der Waals surface area contributed by atoms with Gasteiger partial charge >= 0.3 is 19.8 Å². The molecule has 1 radical (unpaired) electrons. The molecular weight excluding hydrogens is 258 g/mol. The van der Waals surface area contributed by atoms with E-state index in [-0.39, 0.29) is 19.8 Å². The van der Waals surface area contributed by atoms with Crippen LogP contribution in [0.15, 0.2) is 0 Å². The van der Waals surface area contributed by atoms with Gasteiger partial charge in [-0.15, -0.1) is 0 Å². The normalized spacial score (nSPS) is 20.0. The van der Waals surface area contributed by atoms with Crippen molar-refractivity contribution in [3.8, 4) is 0 Å². The average molecular weight is 263 g/mol. The molecule has 1 fully saturated rings. The summed E-state index contributed by atoms with van der Waals surface area (Å²) in [4.78, 5) is 0. The minimum Gasteiger partial charge on any atom is -0.523 e. The molecule has 0 aromatic rings. The molecule has 0 N–H and O–H groups in total. The van der Waals surface area contributed by atoms with Crippen LogP contribution in [0.3, 0.4) is 0 Å². The van der Waals surface area contributed by atoms with Crippen LogP contribution in [-0.2, 0) is 29.3 Å². The van der Waals surface area contributed by atoms with Gasteiger partial charge in [0, 0.05) is 13.2 Å². The second-order valence-corrected chi connectivity index (χ2v) is 0.838. The molecule has 1 heterocycles. The van der Waals surface area contributed by atoms with Crippen LogP contribution in [0.5, 0.6) is 0 Å². The molecule has 0 bridgehead atoms. The smallest absolute Gasteiger partial charge is 0.523 e. The van der Waals surface area contributed by atoms with Crippen molar-refractivity contribution in [2.75, 3.05) is 13.2 Å². The summed E-state index contributed by atoms with van der Waals surface area (Å²) in [5.74, 6) is 0. The van der Waals surface area contributed by atoms with Gasteiger partial charge in [0.1, 0.15) is 0 Å². The van der Waals surface area contributed by atoms with E-state index in [1.807, 2.05) is 0 Å². The van der Waals surface area contributed by atoms with Gasteiger partial charge in [-0.1, -0.05) is 6.79 Å². The third kappa shape index (κ3) is 1.87. The fourth-order valence-corrected chi connectivity index (χ4v) is 0.241. The predicted octanol–water partition coefficient (Wildman–Crippen LogP) is 0.150. The molecule has 0 unspecified atom stereocenters. The zero-order chi connectivity index (χ0) is 3.54. The van der Waals surface area contributed by atoms with Crippen molar-refractivity contribution in [1.82, 2.24) is 0 Å². The van der Waals surface area contributed by atoms with Crippen LogP contribution in [0.2, 0.25) is 0 Å². The Hall–Kier alpha value is 0.556. The van der Waals surface area contributed by atoms with Gasteiger partial charge < -0.3 is 9.47 Å². The molecule has 1 aliphatic heterocycles. The van der Waals surface area contributed by atoms with Crippen LogP contribution in [0, 0.1) is 6.79 Å².